The zero-order valence-corrected chi connectivity index (χ0v) is 19.2. The van der Waals surface area contributed by atoms with Crippen LogP contribution in [-0.2, 0) is 18.3 Å². The number of aryl methyl sites for hydroxylation is 1. The first-order valence-electron chi connectivity index (χ1n) is 11.4. The van der Waals surface area contributed by atoms with Crippen molar-refractivity contribution < 1.29 is 14.6 Å². The molecule has 2 atom stereocenters. The number of nitrogens with zero attached hydrogens (tertiary/aromatic N) is 4. The highest BCUT2D eigenvalue weighted by Crippen LogP contribution is 2.52. The summed E-state index contributed by atoms with van der Waals surface area (Å²) in [6.45, 7) is 5.28. The molecule has 1 aromatic carbocycles. The number of piperidine rings is 1. The first-order valence-corrected chi connectivity index (χ1v) is 11.8. The van der Waals surface area contributed by atoms with Crippen LogP contribution in [-0.4, -0.2) is 75.4 Å². The van der Waals surface area contributed by atoms with Crippen LogP contribution in [0.2, 0.25) is 5.02 Å². The van der Waals surface area contributed by atoms with E-state index in [4.69, 9.17) is 16.3 Å². The first kappa shape index (κ1) is 21.9. The number of fused-ring (bicyclic) bond motifs is 1. The Morgan fingerprint density at radius 3 is 2.72 bits per heavy atom. The zero-order valence-electron chi connectivity index (χ0n) is 18.5. The van der Waals surface area contributed by atoms with Crippen molar-refractivity contribution in [2.45, 2.75) is 25.0 Å². The number of halogens is 1. The zero-order chi connectivity index (χ0) is 22.3. The molecule has 8 heteroatoms. The van der Waals surface area contributed by atoms with Gasteiger partial charge >= 0.3 is 0 Å². The Balaban J connectivity index is 1.22. The predicted molar refractivity (Wildman–Crippen MR) is 121 cm³/mol. The van der Waals surface area contributed by atoms with Crippen molar-refractivity contribution in [3.8, 4) is 0 Å². The number of β-amino-alcohol motifs (C(OH)–C–C–N with tert-alkyl or cyclic N) is 1. The van der Waals surface area contributed by atoms with Gasteiger partial charge in [-0.3, -0.25) is 9.69 Å². The maximum atomic E-state index is 13.3. The SMILES string of the molecule is Cn1cnc(C(=O)N(Cc2cccc(Cl)c2)CC2C3CN(CC4(O)CCOCC4)CC32)c1. The van der Waals surface area contributed by atoms with Crippen LogP contribution < -0.4 is 0 Å². The second kappa shape index (κ2) is 8.78. The molecule has 32 heavy (non-hydrogen) atoms. The van der Waals surface area contributed by atoms with Crippen molar-refractivity contribution in [2.24, 2.45) is 24.8 Å². The maximum Gasteiger partial charge on any atom is 0.274 e. The summed E-state index contributed by atoms with van der Waals surface area (Å²) in [5, 5.41) is 11.5. The van der Waals surface area contributed by atoms with Crippen molar-refractivity contribution in [2.75, 3.05) is 39.4 Å². The Hall–Kier alpha value is -1.93. The van der Waals surface area contributed by atoms with Gasteiger partial charge in [0.25, 0.3) is 5.91 Å². The van der Waals surface area contributed by atoms with Crippen LogP contribution >= 0.6 is 11.6 Å². The standard InChI is InChI=1S/C24H31ClN4O3/c1-27-14-22(26-16-27)23(30)29(10-17-3-2-4-18(25)9-17)13-21-19-11-28(12-20(19)21)15-24(31)5-7-32-8-6-24/h2-4,9,14,16,19-21,31H,5-8,10-13,15H2,1H3. The summed E-state index contributed by atoms with van der Waals surface area (Å²) < 4.78 is 7.21. The fraction of sp³-hybridized carbons (Fsp3) is 0.583. The third-order valence-corrected chi connectivity index (χ3v) is 7.53. The molecule has 0 bridgehead atoms. The van der Waals surface area contributed by atoms with Gasteiger partial charge in [-0.05, 0) is 35.4 Å². The molecule has 0 spiro atoms. The van der Waals surface area contributed by atoms with E-state index in [1.807, 2.05) is 36.2 Å². The highest BCUT2D eigenvalue weighted by Gasteiger charge is 2.56. The molecule has 2 aliphatic heterocycles. The van der Waals surface area contributed by atoms with Gasteiger partial charge in [0.1, 0.15) is 5.69 Å². The molecular formula is C24H31ClN4O3. The Labute approximate surface area is 193 Å². The Morgan fingerprint density at radius 1 is 1.31 bits per heavy atom. The minimum Gasteiger partial charge on any atom is -0.388 e. The molecule has 1 saturated carbocycles. The average Bonchev–Trinajstić information content (AvgIpc) is 3.08. The van der Waals surface area contributed by atoms with Crippen molar-refractivity contribution in [3.63, 3.8) is 0 Å². The first-order chi connectivity index (χ1) is 15.4. The summed E-state index contributed by atoms with van der Waals surface area (Å²) in [5.74, 6) is 1.65. The second-order valence-corrected chi connectivity index (χ2v) is 10.2. The number of ether oxygens (including phenoxy) is 1. The lowest BCUT2D eigenvalue weighted by Crippen LogP contribution is -2.47. The number of hydrogen-bond donors (Lipinski definition) is 1. The minimum atomic E-state index is -0.613. The number of aromatic nitrogens is 2. The average molecular weight is 459 g/mol. The van der Waals surface area contributed by atoms with Crippen molar-refractivity contribution in [1.82, 2.24) is 19.4 Å². The number of likely N-dealkylation sites (tertiary alicyclic amines) is 1. The molecular weight excluding hydrogens is 428 g/mol. The molecule has 1 amide bonds. The third-order valence-electron chi connectivity index (χ3n) is 7.29. The lowest BCUT2D eigenvalue weighted by Gasteiger charge is -2.36. The number of carbonyl (C=O) groups is 1. The molecule has 2 saturated heterocycles. The fourth-order valence-electron chi connectivity index (χ4n) is 5.48. The lowest BCUT2D eigenvalue weighted by molar-refractivity contribution is -0.0788. The minimum absolute atomic E-state index is 0.0380. The number of carbonyl (C=O) groups excluding carboxylic acids is 1. The van der Waals surface area contributed by atoms with E-state index in [1.165, 1.54) is 0 Å². The van der Waals surface area contributed by atoms with Crippen LogP contribution in [0.1, 0.15) is 28.9 Å². The molecule has 172 valence electrons. The monoisotopic (exact) mass is 458 g/mol. The highest BCUT2D eigenvalue weighted by molar-refractivity contribution is 6.30. The molecule has 7 nitrogen and oxygen atoms in total. The summed E-state index contributed by atoms with van der Waals surface area (Å²) in [6, 6.07) is 7.70. The molecule has 2 unspecified atom stereocenters. The van der Waals surface area contributed by atoms with E-state index in [9.17, 15) is 9.90 Å². The van der Waals surface area contributed by atoms with E-state index >= 15 is 0 Å². The highest BCUT2D eigenvalue weighted by atomic mass is 35.5. The number of amides is 1. The summed E-state index contributed by atoms with van der Waals surface area (Å²) >= 11 is 6.18. The number of imidazole rings is 1. The third kappa shape index (κ3) is 4.71. The van der Waals surface area contributed by atoms with Gasteiger partial charge in [0, 0.05) is 77.0 Å². The number of benzene rings is 1. The molecule has 3 heterocycles. The van der Waals surface area contributed by atoms with Crippen LogP contribution in [0.4, 0.5) is 0 Å². The van der Waals surface area contributed by atoms with Crippen LogP contribution in [0, 0.1) is 17.8 Å². The van der Waals surface area contributed by atoms with Gasteiger partial charge in [-0.15, -0.1) is 0 Å². The quantitative estimate of drug-likeness (QED) is 0.690. The lowest BCUT2D eigenvalue weighted by atomic mass is 9.93. The normalized spacial score (nSPS) is 26.7. The summed E-state index contributed by atoms with van der Waals surface area (Å²) in [7, 11) is 1.87. The van der Waals surface area contributed by atoms with E-state index < -0.39 is 5.60 Å². The molecule has 1 N–H and O–H groups in total. The smallest absolute Gasteiger partial charge is 0.274 e. The maximum absolute atomic E-state index is 13.3. The van der Waals surface area contributed by atoms with Crippen molar-refractivity contribution in [3.05, 3.63) is 53.1 Å². The molecule has 2 aromatic rings. The largest absolute Gasteiger partial charge is 0.388 e. The summed E-state index contributed by atoms with van der Waals surface area (Å²) in [4.78, 5) is 21.9. The van der Waals surface area contributed by atoms with Crippen LogP contribution in [0.25, 0.3) is 0 Å². The van der Waals surface area contributed by atoms with Crippen LogP contribution in [0.5, 0.6) is 0 Å². The summed E-state index contributed by atoms with van der Waals surface area (Å²) in [6.07, 6.45) is 4.87. The van der Waals surface area contributed by atoms with Gasteiger partial charge < -0.3 is 19.3 Å². The van der Waals surface area contributed by atoms with Crippen molar-refractivity contribution in [1.29, 1.82) is 0 Å². The molecule has 3 aliphatic rings. The molecule has 0 radical (unpaired) electrons. The molecule has 3 fully saturated rings. The van der Waals surface area contributed by atoms with E-state index in [0.29, 0.717) is 61.1 Å². The molecule has 1 aromatic heterocycles. The number of aliphatic hydroxyl groups is 1. The van der Waals surface area contributed by atoms with Gasteiger partial charge in [0.15, 0.2) is 0 Å². The Bertz CT molecular complexity index is 962. The van der Waals surface area contributed by atoms with Crippen LogP contribution in [0.15, 0.2) is 36.8 Å². The Morgan fingerprint density at radius 2 is 2.06 bits per heavy atom. The van der Waals surface area contributed by atoms with E-state index in [-0.39, 0.29) is 5.91 Å². The van der Waals surface area contributed by atoms with Gasteiger partial charge in [0.2, 0.25) is 0 Å². The van der Waals surface area contributed by atoms with Gasteiger partial charge in [-0.2, -0.15) is 0 Å². The predicted octanol–water partition coefficient (Wildman–Crippen LogP) is 2.44. The van der Waals surface area contributed by atoms with Crippen molar-refractivity contribution >= 4 is 17.5 Å². The number of hydrogen-bond acceptors (Lipinski definition) is 5. The fourth-order valence-corrected chi connectivity index (χ4v) is 5.69. The van der Waals surface area contributed by atoms with Crippen LogP contribution in [0.3, 0.4) is 0 Å². The topological polar surface area (TPSA) is 70.8 Å². The summed E-state index contributed by atoms with van der Waals surface area (Å²) in [5.41, 5.74) is 0.887. The van der Waals surface area contributed by atoms with E-state index in [0.717, 1.165) is 31.7 Å². The molecule has 1 aliphatic carbocycles. The van der Waals surface area contributed by atoms with E-state index in [2.05, 4.69) is 9.88 Å². The Kier molecular flexibility index (Phi) is 6.01. The van der Waals surface area contributed by atoms with Gasteiger partial charge in [-0.1, -0.05) is 23.7 Å². The van der Waals surface area contributed by atoms with Gasteiger partial charge in [0.05, 0.1) is 11.9 Å². The second-order valence-electron chi connectivity index (χ2n) is 9.76. The van der Waals surface area contributed by atoms with Gasteiger partial charge in [-0.25, -0.2) is 4.98 Å². The molecule has 5 rings (SSSR count). The van der Waals surface area contributed by atoms with E-state index in [1.54, 1.807) is 17.1 Å². The number of rotatable bonds is 7.